The van der Waals surface area contributed by atoms with Gasteiger partial charge in [-0.1, -0.05) is 18.2 Å². The number of halogens is 1. The van der Waals surface area contributed by atoms with Crippen molar-refractivity contribution < 1.29 is 4.79 Å². The first-order valence-electron chi connectivity index (χ1n) is 6.13. The van der Waals surface area contributed by atoms with E-state index < -0.39 is 0 Å². The van der Waals surface area contributed by atoms with Crippen LogP contribution in [-0.4, -0.2) is 5.91 Å². The fourth-order valence-electron chi connectivity index (χ4n) is 1.91. The Morgan fingerprint density at radius 3 is 2.53 bits per heavy atom. The molecule has 0 unspecified atom stereocenters. The van der Waals surface area contributed by atoms with Crippen molar-refractivity contribution in [3.63, 3.8) is 0 Å². The highest BCUT2D eigenvalue weighted by Gasteiger charge is 2.11. The lowest BCUT2D eigenvalue weighted by molar-refractivity contribution is 0.102. The zero-order chi connectivity index (χ0) is 14.0. The second-order valence-electron chi connectivity index (χ2n) is 4.68. The summed E-state index contributed by atoms with van der Waals surface area (Å²) in [6.45, 7) is 5.99. The molecule has 0 aliphatic heterocycles. The smallest absolute Gasteiger partial charge is 0.255 e. The number of nitrogens with one attached hydrogen (secondary N) is 1. The number of aryl methyl sites for hydroxylation is 2. The highest BCUT2D eigenvalue weighted by atomic mass is 79.9. The summed E-state index contributed by atoms with van der Waals surface area (Å²) in [4.78, 5) is 12.3. The van der Waals surface area contributed by atoms with Crippen molar-refractivity contribution in [3.8, 4) is 0 Å². The van der Waals surface area contributed by atoms with E-state index in [2.05, 4.69) is 21.2 Å². The topological polar surface area (TPSA) is 29.1 Å². The van der Waals surface area contributed by atoms with E-state index in [0.29, 0.717) is 5.56 Å². The Morgan fingerprint density at radius 2 is 1.84 bits per heavy atom. The van der Waals surface area contributed by atoms with Crippen molar-refractivity contribution in [1.82, 2.24) is 0 Å². The number of anilines is 1. The zero-order valence-electron chi connectivity index (χ0n) is 11.3. The van der Waals surface area contributed by atoms with Gasteiger partial charge >= 0.3 is 0 Å². The highest BCUT2D eigenvalue weighted by molar-refractivity contribution is 9.10. The van der Waals surface area contributed by atoms with E-state index in [0.717, 1.165) is 26.9 Å². The lowest BCUT2D eigenvalue weighted by Gasteiger charge is -2.11. The Hall–Kier alpha value is -1.61. The Morgan fingerprint density at radius 1 is 1.11 bits per heavy atom. The molecule has 1 amide bonds. The van der Waals surface area contributed by atoms with Gasteiger partial charge in [0.15, 0.2) is 0 Å². The first kappa shape index (κ1) is 13.8. The minimum Gasteiger partial charge on any atom is -0.321 e. The fraction of sp³-hybridized carbons (Fsp3) is 0.188. The zero-order valence-corrected chi connectivity index (χ0v) is 12.8. The Kier molecular flexibility index (Phi) is 4.05. The molecule has 2 aromatic carbocycles. The predicted molar refractivity (Wildman–Crippen MR) is 82.7 cm³/mol. The van der Waals surface area contributed by atoms with Gasteiger partial charge in [-0.2, -0.15) is 0 Å². The molecular weight excluding hydrogens is 302 g/mol. The van der Waals surface area contributed by atoms with Crippen LogP contribution < -0.4 is 5.32 Å². The first-order chi connectivity index (χ1) is 8.99. The van der Waals surface area contributed by atoms with E-state index in [4.69, 9.17) is 0 Å². The van der Waals surface area contributed by atoms with Gasteiger partial charge in [-0.25, -0.2) is 0 Å². The van der Waals surface area contributed by atoms with E-state index in [-0.39, 0.29) is 5.91 Å². The molecule has 1 N–H and O–H groups in total. The number of carbonyl (C=O) groups is 1. The molecule has 0 spiro atoms. The molecule has 0 aromatic heterocycles. The summed E-state index contributed by atoms with van der Waals surface area (Å²) in [6.07, 6.45) is 0. The fourth-order valence-corrected chi connectivity index (χ4v) is 2.50. The molecule has 2 aromatic rings. The van der Waals surface area contributed by atoms with Crippen LogP contribution in [0.3, 0.4) is 0 Å². The molecular formula is C16H16BrNO. The van der Waals surface area contributed by atoms with Crippen molar-refractivity contribution in [2.75, 3.05) is 5.32 Å². The van der Waals surface area contributed by atoms with Gasteiger partial charge in [-0.15, -0.1) is 0 Å². The summed E-state index contributed by atoms with van der Waals surface area (Å²) < 4.78 is 0.895. The third-order valence-corrected chi connectivity index (χ3v) is 3.88. The second kappa shape index (κ2) is 5.57. The van der Waals surface area contributed by atoms with E-state index in [9.17, 15) is 4.79 Å². The summed E-state index contributed by atoms with van der Waals surface area (Å²) in [5, 5.41) is 2.94. The Balaban J connectivity index is 2.28. The van der Waals surface area contributed by atoms with Gasteiger partial charge in [-0.05, 0) is 71.6 Å². The largest absolute Gasteiger partial charge is 0.321 e. The van der Waals surface area contributed by atoms with Crippen LogP contribution in [-0.2, 0) is 0 Å². The van der Waals surface area contributed by atoms with Crippen molar-refractivity contribution >= 4 is 27.5 Å². The molecule has 0 aliphatic rings. The number of hydrogen-bond acceptors (Lipinski definition) is 1. The lowest BCUT2D eigenvalue weighted by atomic mass is 10.0. The molecule has 2 nitrogen and oxygen atoms in total. The number of benzene rings is 2. The van der Waals surface area contributed by atoms with Crippen LogP contribution in [0.4, 0.5) is 5.69 Å². The molecule has 3 heteroatoms. The number of rotatable bonds is 2. The maximum Gasteiger partial charge on any atom is 0.255 e. The monoisotopic (exact) mass is 317 g/mol. The SMILES string of the molecule is Cc1ccc(NC(=O)c2cccc(C)c2C)c(Br)c1. The maximum absolute atomic E-state index is 12.3. The molecule has 0 radical (unpaired) electrons. The molecule has 0 bridgehead atoms. The highest BCUT2D eigenvalue weighted by Crippen LogP contribution is 2.24. The molecule has 2 rings (SSSR count). The van der Waals surface area contributed by atoms with Crippen molar-refractivity contribution in [3.05, 3.63) is 63.1 Å². The lowest BCUT2D eigenvalue weighted by Crippen LogP contribution is -2.14. The quantitative estimate of drug-likeness (QED) is 0.859. The molecule has 0 fully saturated rings. The third-order valence-electron chi connectivity index (χ3n) is 3.22. The minimum atomic E-state index is -0.0780. The Labute approximate surface area is 122 Å². The molecule has 0 saturated carbocycles. The van der Waals surface area contributed by atoms with Gasteiger partial charge in [-0.3, -0.25) is 4.79 Å². The van der Waals surface area contributed by atoms with E-state index in [1.54, 1.807) is 0 Å². The summed E-state index contributed by atoms with van der Waals surface area (Å²) in [5.74, 6) is -0.0780. The van der Waals surface area contributed by atoms with Gasteiger partial charge in [0.2, 0.25) is 0 Å². The van der Waals surface area contributed by atoms with Gasteiger partial charge in [0, 0.05) is 10.0 Å². The third kappa shape index (κ3) is 3.04. The van der Waals surface area contributed by atoms with Gasteiger partial charge < -0.3 is 5.32 Å². The number of hydrogen-bond donors (Lipinski definition) is 1. The van der Waals surface area contributed by atoms with Crippen LogP contribution >= 0.6 is 15.9 Å². The van der Waals surface area contributed by atoms with Gasteiger partial charge in [0.1, 0.15) is 0 Å². The van der Waals surface area contributed by atoms with Gasteiger partial charge in [0.05, 0.1) is 5.69 Å². The van der Waals surface area contributed by atoms with Crippen molar-refractivity contribution in [2.24, 2.45) is 0 Å². The van der Waals surface area contributed by atoms with E-state index >= 15 is 0 Å². The van der Waals surface area contributed by atoms with Crippen LogP contribution in [0.25, 0.3) is 0 Å². The first-order valence-corrected chi connectivity index (χ1v) is 6.92. The molecule has 0 heterocycles. The second-order valence-corrected chi connectivity index (χ2v) is 5.54. The van der Waals surface area contributed by atoms with Crippen LogP contribution in [0.15, 0.2) is 40.9 Å². The van der Waals surface area contributed by atoms with Crippen LogP contribution in [0.1, 0.15) is 27.0 Å². The van der Waals surface area contributed by atoms with Gasteiger partial charge in [0.25, 0.3) is 5.91 Å². The van der Waals surface area contributed by atoms with Crippen molar-refractivity contribution in [1.29, 1.82) is 0 Å². The summed E-state index contributed by atoms with van der Waals surface area (Å²) in [6, 6.07) is 11.6. The Bertz CT molecular complexity index is 635. The average Bonchev–Trinajstić information content (AvgIpc) is 2.36. The van der Waals surface area contributed by atoms with Crippen LogP contribution in [0.2, 0.25) is 0 Å². The van der Waals surface area contributed by atoms with Crippen LogP contribution in [0, 0.1) is 20.8 Å². The standard InChI is InChI=1S/C16H16BrNO/c1-10-7-8-15(14(17)9-10)18-16(19)13-6-4-5-11(2)12(13)3/h4-9H,1-3H3,(H,18,19). The summed E-state index contributed by atoms with van der Waals surface area (Å²) >= 11 is 3.47. The van der Waals surface area contributed by atoms with Crippen molar-refractivity contribution in [2.45, 2.75) is 20.8 Å². The predicted octanol–water partition coefficient (Wildman–Crippen LogP) is 4.63. The van der Waals surface area contributed by atoms with Crippen LogP contribution in [0.5, 0.6) is 0 Å². The number of amides is 1. The summed E-state index contributed by atoms with van der Waals surface area (Å²) in [7, 11) is 0. The van der Waals surface area contributed by atoms with E-state index in [1.807, 2.05) is 57.2 Å². The average molecular weight is 318 g/mol. The molecule has 0 saturated heterocycles. The molecule has 19 heavy (non-hydrogen) atoms. The normalized spacial score (nSPS) is 10.3. The number of carbonyl (C=O) groups excluding carboxylic acids is 1. The summed E-state index contributed by atoms with van der Waals surface area (Å²) in [5.41, 5.74) is 4.79. The maximum atomic E-state index is 12.3. The molecule has 98 valence electrons. The molecule has 0 aliphatic carbocycles. The molecule has 0 atom stereocenters. The minimum absolute atomic E-state index is 0.0780. The van der Waals surface area contributed by atoms with E-state index in [1.165, 1.54) is 0 Å².